The second-order valence-corrected chi connectivity index (χ2v) is 26.1. The van der Waals surface area contributed by atoms with Crippen LogP contribution in [-0.2, 0) is 47.5 Å². The van der Waals surface area contributed by atoms with Crippen molar-refractivity contribution in [3.8, 4) is 0 Å². The standard InChI is InChI=1S/C68H124N2O23/c1-4-6-8-10-12-14-16-18-19-20-21-22-23-24-25-27-29-31-33-35-37-39-52(76)70-46(47(75)38-36-34-32-30-28-26-17-15-13-11-9-7-5-2)43-86-66-61(84)59(82)63(50(42-73)90-66)92-68-62(85)64(93-67-60(83)58(81)55(78)49(41-72)89-67)56(79)51(91-68)44-87-65-53(69-45(3)74)57(80)54(77)48(40-71)88-65/h18-19,36,38,46-51,53-68,71-73,75,77-85H,4-17,20-35,37,39-44H2,1-3H3,(H,69,74)(H,70,76)/b19-18-,38-36+/t46-,47+,48?,49?,50?,51?,53?,54+,55-,56-,57+,58-,59+,60?,61?,62?,63+,64-,65+,66+,67+,68-/m0/s1. The molecule has 25 heteroatoms. The first-order chi connectivity index (χ1) is 44.9. The first-order valence-corrected chi connectivity index (χ1v) is 35.6. The Hall–Kier alpha value is -2.42. The van der Waals surface area contributed by atoms with Gasteiger partial charge in [0.1, 0.15) is 97.6 Å². The fourth-order valence-electron chi connectivity index (χ4n) is 12.4. The van der Waals surface area contributed by atoms with Crippen molar-refractivity contribution in [2.45, 2.75) is 361 Å². The lowest BCUT2D eigenvalue weighted by molar-refractivity contribution is -0.383. The summed E-state index contributed by atoms with van der Waals surface area (Å²) in [6.07, 6.45) is 8.96. The van der Waals surface area contributed by atoms with Gasteiger partial charge in [0.05, 0.1) is 45.2 Å². The van der Waals surface area contributed by atoms with Crippen LogP contribution in [0.2, 0.25) is 0 Å². The number of carbonyl (C=O) groups excluding carboxylic acids is 2. The van der Waals surface area contributed by atoms with E-state index in [4.69, 9.17) is 37.9 Å². The Kier molecular flexibility index (Phi) is 43.1. The first-order valence-electron chi connectivity index (χ1n) is 35.6. The Balaban J connectivity index is 1.36. The summed E-state index contributed by atoms with van der Waals surface area (Å²) < 4.78 is 46.8. The van der Waals surface area contributed by atoms with Crippen molar-refractivity contribution in [3.05, 3.63) is 24.3 Å². The van der Waals surface area contributed by atoms with E-state index < -0.39 is 174 Å². The Morgan fingerprint density at radius 2 is 0.849 bits per heavy atom. The maximum Gasteiger partial charge on any atom is 0.220 e. The molecule has 0 aromatic carbocycles. The zero-order chi connectivity index (χ0) is 67.9. The average Bonchev–Trinajstić information content (AvgIpc) is 0.837. The number of rotatable bonds is 50. The summed E-state index contributed by atoms with van der Waals surface area (Å²) in [6, 6.07) is -2.49. The van der Waals surface area contributed by atoms with Gasteiger partial charge >= 0.3 is 0 Å². The third-order valence-electron chi connectivity index (χ3n) is 18.2. The Morgan fingerprint density at radius 3 is 1.35 bits per heavy atom. The van der Waals surface area contributed by atoms with Gasteiger partial charge < -0.3 is 115 Å². The highest BCUT2D eigenvalue weighted by Gasteiger charge is 2.55. The summed E-state index contributed by atoms with van der Waals surface area (Å²) in [5.74, 6) is -0.993. The molecule has 4 fully saturated rings. The number of hydrogen-bond acceptors (Lipinski definition) is 23. The number of aliphatic hydroxyl groups is 13. The number of carbonyl (C=O) groups is 2. The molecule has 22 atom stereocenters. The van der Waals surface area contributed by atoms with Gasteiger partial charge in [-0.1, -0.05) is 192 Å². The molecule has 15 N–H and O–H groups in total. The lowest BCUT2D eigenvalue weighted by Crippen LogP contribution is -2.67. The van der Waals surface area contributed by atoms with E-state index in [9.17, 15) is 76.0 Å². The van der Waals surface area contributed by atoms with Crippen LogP contribution in [0.25, 0.3) is 0 Å². The van der Waals surface area contributed by atoms with E-state index in [2.05, 4.69) is 36.6 Å². The van der Waals surface area contributed by atoms with Gasteiger partial charge in [0.2, 0.25) is 11.8 Å². The summed E-state index contributed by atoms with van der Waals surface area (Å²) >= 11 is 0. The SMILES string of the molecule is CCCCCCCC/C=C\CCCCCCCCCCCCCC(=O)N[C@@H](CO[C@@H]1OC(CO)[C@@H](O[C@@H]2OC(CO[C@@H]3OC(CO)[C@@H](O)[C@H](O)C3NC(C)=O)[C@H](O)[C@H](O[C@H]3OC(CO)[C@H](O)[C@H](O)C3O)C2O)[C@H](O)C1O)[C@H](O)/C=C/CCCCCCCCCCCCC. The van der Waals surface area contributed by atoms with Gasteiger partial charge in [-0.05, 0) is 44.9 Å². The Morgan fingerprint density at radius 1 is 0.430 bits per heavy atom. The van der Waals surface area contributed by atoms with E-state index in [-0.39, 0.29) is 12.3 Å². The molecule has 4 rings (SSSR count). The minimum Gasteiger partial charge on any atom is -0.394 e. The maximum absolute atomic E-state index is 13.5. The van der Waals surface area contributed by atoms with Crippen LogP contribution in [0, 0.1) is 0 Å². The quantitative estimate of drug-likeness (QED) is 0.0303. The summed E-state index contributed by atoms with van der Waals surface area (Å²) in [5.41, 5.74) is 0. The molecule has 4 saturated heterocycles. The van der Waals surface area contributed by atoms with Crippen molar-refractivity contribution in [3.63, 3.8) is 0 Å². The molecule has 0 spiro atoms. The van der Waals surface area contributed by atoms with Gasteiger partial charge in [-0.3, -0.25) is 9.59 Å². The van der Waals surface area contributed by atoms with Gasteiger partial charge in [-0.25, -0.2) is 0 Å². The van der Waals surface area contributed by atoms with Gasteiger partial charge in [-0.15, -0.1) is 0 Å². The molecule has 0 radical (unpaired) electrons. The molecule has 8 unspecified atom stereocenters. The maximum atomic E-state index is 13.5. The lowest BCUT2D eigenvalue weighted by atomic mass is 9.95. The highest BCUT2D eigenvalue weighted by atomic mass is 16.8. The summed E-state index contributed by atoms with van der Waals surface area (Å²) in [5, 5.41) is 147. The average molecular weight is 1340 g/mol. The fourth-order valence-corrected chi connectivity index (χ4v) is 12.4. The number of aliphatic hydroxyl groups excluding tert-OH is 13. The topological polar surface area (TPSA) is 395 Å². The monoisotopic (exact) mass is 1340 g/mol. The van der Waals surface area contributed by atoms with Crippen molar-refractivity contribution in [1.29, 1.82) is 0 Å². The summed E-state index contributed by atoms with van der Waals surface area (Å²) in [4.78, 5) is 25.7. The van der Waals surface area contributed by atoms with Crippen LogP contribution in [0.1, 0.15) is 226 Å². The number of unbranched alkanes of at least 4 members (excludes halogenated alkanes) is 28. The molecule has 4 aliphatic rings. The number of amides is 2. The largest absolute Gasteiger partial charge is 0.394 e. The van der Waals surface area contributed by atoms with E-state index in [0.717, 1.165) is 51.9 Å². The van der Waals surface area contributed by atoms with Crippen molar-refractivity contribution < 1.29 is 114 Å². The minimum atomic E-state index is -2.13. The number of nitrogens with one attached hydrogen (secondary N) is 2. The summed E-state index contributed by atoms with van der Waals surface area (Å²) in [6.45, 7) is 1.83. The van der Waals surface area contributed by atoms with E-state index in [0.29, 0.717) is 12.8 Å². The summed E-state index contributed by atoms with van der Waals surface area (Å²) in [7, 11) is 0. The Labute approximate surface area is 552 Å². The zero-order valence-corrected chi connectivity index (χ0v) is 56.1. The van der Waals surface area contributed by atoms with Crippen LogP contribution in [0.3, 0.4) is 0 Å². The normalized spacial score (nSPS) is 32.5. The first kappa shape index (κ1) is 83.0. The van der Waals surface area contributed by atoms with E-state index in [1.54, 1.807) is 6.08 Å². The lowest BCUT2D eigenvalue weighted by Gasteiger charge is -2.48. The van der Waals surface area contributed by atoms with E-state index in [1.165, 1.54) is 141 Å². The highest BCUT2D eigenvalue weighted by molar-refractivity contribution is 5.76. The molecule has 93 heavy (non-hydrogen) atoms. The van der Waals surface area contributed by atoms with Gasteiger partial charge in [0.15, 0.2) is 25.2 Å². The van der Waals surface area contributed by atoms with Crippen LogP contribution in [0.15, 0.2) is 24.3 Å². The molecule has 4 aliphatic heterocycles. The highest BCUT2D eigenvalue weighted by Crippen LogP contribution is 2.34. The second-order valence-electron chi connectivity index (χ2n) is 26.1. The van der Waals surface area contributed by atoms with Crippen molar-refractivity contribution in [2.75, 3.05) is 33.0 Å². The van der Waals surface area contributed by atoms with E-state index in [1.807, 2.05) is 6.08 Å². The van der Waals surface area contributed by atoms with Crippen molar-refractivity contribution >= 4 is 11.8 Å². The molecule has 0 aromatic heterocycles. The molecule has 2 amide bonds. The van der Waals surface area contributed by atoms with E-state index >= 15 is 0 Å². The molecule has 0 aromatic rings. The Bertz CT molecular complexity index is 1980. The molecular weight excluding hydrogens is 1210 g/mol. The van der Waals surface area contributed by atoms with Crippen LogP contribution in [-0.4, -0.2) is 246 Å². The fraction of sp³-hybridized carbons (Fsp3) is 0.912. The zero-order valence-electron chi connectivity index (χ0n) is 56.1. The van der Waals surface area contributed by atoms with Crippen LogP contribution < -0.4 is 10.6 Å². The molecular formula is C68H124N2O23. The number of allylic oxidation sites excluding steroid dienone is 3. The van der Waals surface area contributed by atoms with Crippen LogP contribution >= 0.6 is 0 Å². The molecule has 0 bridgehead atoms. The number of ether oxygens (including phenoxy) is 8. The molecule has 4 heterocycles. The molecule has 0 saturated carbocycles. The van der Waals surface area contributed by atoms with Crippen LogP contribution in [0.4, 0.5) is 0 Å². The van der Waals surface area contributed by atoms with Crippen molar-refractivity contribution in [2.24, 2.45) is 0 Å². The molecule has 25 nitrogen and oxygen atoms in total. The van der Waals surface area contributed by atoms with Crippen LogP contribution in [0.5, 0.6) is 0 Å². The smallest absolute Gasteiger partial charge is 0.220 e. The third kappa shape index (κ3) is 29.9. The third-order valence-corrected chi connectivity index (χ3v) is 18.2. The molecule has 0 aliphatic carbocycles. The van der Waals surface area contributed by atoms with Gasteiger partial charge in [0, 0.05) is 13.3 Å². The minimum absolute atomic E-state index is 0.198. The van der Waals surface area contributed by atoms with Crippen molar-refractivity contribution in [1.82, 2.24) is 10.6 Å². The van der Waals surface area contributed by atoms with Gasteiger partial charge in [0.25, 0.3) is 0 Å². The predicted molar refractivity (Wildman–Crippen MR) is 345 cm³/mol. The molecule has 544 valence electrons. The van der Waals surface area contributed by atoms with Gasteiger partial charge in [-0.2, -0.15) is 0 Å². The predicted octanol–water partition coefficient (Wildman–Crippen LogP) is 3.90. The second kappa shape index (κ2) is 48.3. The number of hydrogen-bond donors (Lipinski definition) is 15.